The number of rotatable bonds is 3. The number of carboxylic acid groups (broad SMARTS) is 1. The molecule has 1 fully saturated rings. The summed E-state index contributed by atoms with van der Waals surface area (Å²) in [5.74, 6) is -1.21. The first-order valence-electron chi connectivity index (χ1n) is 7.70. The second-order valence-electron chi connectivity index (χ2n) is 5.96. The molecule has 6 heteroatoms. The van der Waals surface area contributed by atoms with Crippen LogP contribution in [0.15, 0.2) is 36.7 Å². The predicted molar refractivity (Wildman–Crippen MR) is 85.2 cm³/mol. The Morgan fingerprint density at radius 1 is 1.26 bits per heavy atom. The molecule has 2 heterocycles. The SMILES string of the molecule is COC(=O)N1CCC(C(=O)O)CC1Cn1cc2ccccc2c1. The van der Waals surface area contributed by atoms with E-state index in [1.807, 2.05) is 41.2 Å². The molecule has 3 rings (SSSR count). The first-order valence-corrected chi connectivity index (χ1v) is 7.70. The van der Waals surface area contributed by atoms with Crippen LogP contribution in [0.3, 0.4) is 0 Å². The number of piperidine rings is 1. The number of ether oxygens (including phenoxy) is 1. The second-order valence-corrected chi connectivity index (χ2v) is 5.96. The van der Waals surface area contributed by atoms with Gasteiger partial charge in [0.1, 0.15) is 0 Å². The van der Waals surface area contributed by atoms with E-state index in [2.05, 4.69) is 0 Å². The average Bonchev–Trinajstić information content (AvgIpc) is 2.96. The van der Waals surface area contributed by atoms with Crippen molar-refractivity contribution in [3.05, 3.63) is 36.7 Å². The van der Waals surface area contributed by atoms with Crippen LogP contribution in [0.1, 0.15) is 12.8 Å². The van der Waals surface area contributed by atoms with Crippen molar-refractivity contribution >= 4 is 22.8 Å². The number of methoxy groups -OCH3 is 1. The van der Waals surface area contributed by atoms with Gasteiger partial charge in [0.05, 0.1) is 19.1 Å². The number of aromatic nitrogens is 1. The number of aliphatic carboxylic acids is 1. The highest BCUT2D eigenvalue weighted by molar-refractivity contribution is 5.82. The summed E-state index contributed by atoms with van der Waals surface area (Å²) in [5, 5.41) is 11.5. The quantitative estimate of drug-likeness (QED) is 0.944. The zero-order valence-corrected chi connectivity index (χ0v) is 13.0. The van der Waals surface area contributed by atoms with Crippen LogP contribution in [0, 0.1) is 5.92 Å². The molecule has 1 aliphatic heterocycles. The zero-order valence-electron chi connectivity index (χ0n) is 13.0. The largest absolute Gasteiger partial charge is 0.481 e. The lowest BCUT2D eigenvalue weighted by molar-refractivity contribution is -0.144. The smallest absolute Gasteiger partial charge is 0.409 e. The third-order valence-electron chi connectivity index (χ3n) is 4.50. The average molecular weight is 316 g/mol. The molecule has 1 N–H and O–H groups in total. The highest BCUT2D eigenvalue weighted by Crippen LogP contribution is 2.26. The van der Waals surface area contributed by atoms with E-state index in [1.165, 1.54) is 7.11 Å². The van der Waals surface area contributed by atoms with Crippen LogP contribution in [0.25, 0.3) is 10.8 Å². The van der Waals surface area contributed by atoms with E-state index in [0.29, 0.717) is 25.9 Å². The molecule has 0 radical (unpaired) electrons. The van der Waals surface area contributed by atoms with Crippen LogP contribution < -0.4 is 0 Å². The number of hydrogen-bond acceptors (Lipinski definition) is 3. The van der Waals surface area contributed by atoms with Gasteiger partial charge in [-0.25, -0.2) is 4.79 Å². The van der Waals surface area contributed by atoms with Gasteiger partial charge in [-0.15, -0.1) is 0 Å². The van der Waals surface area contributed by atoms with Crippen LogP contribution in [-0.2, 0) is 16.1 Å². The Labute approximate surface area is 134 Å². The van der Waals surface area contributed by atoms with E-state index in [1.54, 1.807) is 4.90 Å². The molecule has 1 aromatic carbocycles. The number of hydrogen-bond donors (Lipinski definition) is 1. The topological polar surface area (TPSA) is 71.8 Å². The summed E-state index contributed by atoms with van der Waals surface area (Å²) in [7, 11) is 1.35. The van der Waals surface area contributed by atoms with Gasteiger partial charge in [-0.3, -0.25) is 4.79 Å². The molecule has 1 aromatic heterocycles. The van der Waals surface area contributed by atoms with Crippen molar-refractivity contribution in [2.75, 3.05) is 13.7 Å². The molecule has 1 aliphatic rings. The number of nitrogens with zero attached hydrogens (tertiary/aromatic N) is 2. The van der Waals surface area contributed by atoms with E-state index >= 15 is 0 Å². The molecule has 2 unspecified atom stereocenters. The van der Waals surface area contributed by atoms with E-state index in [0.717, 1.165) is 10.8 Å². The molecular weight excluding hydrogens is 296 g/mol. The fourth-order valence-electron chi connectivity index (χ4n) is 3.30. The Hall–Kier alpha value is -2.50. The summed E-state index contributed by atoms with van der Waals surface area (Å²) in [6.07, 6.45) is 4.56. The van der Waals surface area contributed by atoms with Crippen molar-refractivity contribution in [3.8, 4) is 0 Å². The molecule has 0 aliphatic carbocycles. The molecule has 23 heavy (non-hydrogen) atoms. The maximum atomic E-state index is 12.0. The summed E-state index contributed by atoms with van der Waals surface area (Å²) in [5.41, 5.74) is 0. The lowest BCUT2D eigenvalue weighted by Gasteiger charge is -2.37. The Balaban J connectivity index is 1.82. The normalized spacial score (nSPS) is 21.3. The number of benzene rings is 1. The molecule has 122 valence electrons. The summed E-state index contributed by atoms with van der Waals surface area (Å²) in [6.45, 7) is 0.975. The first-order chi connectivity index (χ1) is 11.1. The Morgan fingerprint density at radius 3 is 2.48 bits per heavy atom. The van der Waals surface area contributed by atoms with Gasteiger partial charge in [0.15, 0.2) is 0 Å². The molecule has 2 atom stereocenters. The molecular formula is C17H20N2O4. The number of carbonyl (C=O) groups excluding carboxylic acids is 1. The number of carbonyl (C=O) groups is 2. The third kappa shape index (κ3) is 3.16. The standard InChI is InChI=1S/C17H20N2O4/c1-23-17(22)19-7-6-12(16(20)21)8-15(19)11-18-9-13-4-2-3-5-14(13)10-18/h2-5,9-10,12,15H,6-8,11H2,1H3,(H,20,21). The van der Waals surface area contributed by atoms with E-state index < -0.39 is 18.0 Å². The molecule has 2 aromatic rings. The van der Waals surface area contributed by atoms with Gasteiger partial charge in [-0.2, -0.15) is 0 Å². The number of likely N-dealkylation sites (tertiary alicyclic amines) is 1. The van der Waals surface area contributed by atoms with Crippen molar-refractivity contribution in [2.24, 2.45) is 5.92 Å². The van der Waals surface area contributed by atoms with Crippen LogP contribution >= 0.6 is 0 Å². The molecule has 0 spiro atoms. The third-order valence-corrected chi connectivity index (χ3v) is 4.50. The fraction of sp³-hybridized carbons (Fsp3) is 0.412. The van der Waals surface area contributed by atoms with Crippen LogP contribution in [0.5, 0.6) is 0 Å². The van der Waals surface area contributed by atoms with Crippen molar-refractivity contribution in [3.63, 3.8) is 0 Å². The van der Waals surface area contributed by atoms with Crippen LogP contribution in [-0.4, -0.2) is 46.3 Å². The Morgan fingerprint density at radius 2 is 1.91 bits per heavy atom. The number of carboxylic acids is 1. The molecule has 1 amide bonds. The van der Waals surface area contributed by atoms with E-state index in [4.69, 9.17) is 4.74 Å². The van der Waals surface area contributed by atoms with Gasteiger partial charge in [-0.05, 0) is 23.6 Å². The summed E-state index contributed by atoms with van der Waals surface area (Å²) in [4.78, 5) is 24.9. The Bertz CT molecular complexity index is 691. The van der Waals surface area contributed by atoms with E-state index in [-0.39, 0.29) is 6.04 Å². The van der Waals surface area contributed by atoms with Crippen molar-refractivity contribution in [1.29, 1.82) is 0 Å². The zero-order chi connectivity index (χ0) is 16.4. The maximum absolute atomic E-state index is 12.0. The van der Waals surface area contributed by atoms with Gasteiger partial charge >= 0.3 is 12.1 Å². The van der Waals surface area contributed by atoms with Crippen molar-refractivity contribution < 1.29 is 19.4 Å². The minimum absolute atomic E-state index is 0.181. The minimum atomic E-state index is -0.794. The Kier molecular flexibility index (Phi) is 4.23. The molecule has 1 saturated heterocycles. The number of amides is 1. The fourth-order valence-corrected chi connectivity index (χ4v) is 3.30. The summed E-state index contributed by atoms with van der Waals surface area (Å²) < 4.78 is 6.87. The molecule has 6 nitrogen and oxygen atoms in total. The van der Waals surface area contributed by atoms with Crippen LogP contribution in [0.4, 0.5) is 4.79 Å². The minimum Gasteiger partial charge on any atom is -0.481 e. The highest BCUT2D eigenvalue weighted by atomic mass is 16.5. The van der Waals surface area contributed by atoms with Gasteiger partial charge in [0, 0.05) is 25.5 Å². The van der Waals surface area contributed by atoms with Gasteiger partial charge in [0.25, 0.3) is 0 Å². The lowest BCUT2D eigenvalue weighted by atomic mass is 9.91. The van der Waals surface area contributed by atoms with Gasteiger partial charge in [0.2, 0.25) is 0 Å². The molecule has 0 bridgehead atoms. The predicted octanol–water partition coefficient (Wildman–Crippen LogP) is 2.57. The van der Waals surface area contributed by atoms with Gasteiger partial charge < -0.3 is 19.3 Å². The van der Waals surface area contributed by atoms with E-state index in [9.17, 15) is 14.7 Å². The lowest BCUT2D eigenvalue weighted by Crippen LogP contribution is -2.49. The van der Waals surface area contributed by atoms with Crippen LogP contribution in [0.2, 0.25) is 0 Å². The van der Waals surface area contributed by atoms with Crippen molar-refractivity contribution in [2.45, 2.75) is 25.4 Å². The maximum Gasteiger partial charge on any atom is 0.409 e. The summed E-state index contributed by atoms with van der Waals surface area (Å²) in [6, 6.07) is 7.85. The second kappa shape index (κ2) is 6.32. The van der Waals surface area contributed by atoms with Gasteiger partial charge in [-0.1, -0.05) is 24.3 Å². The first kappa shape index (κ1) is 15.4. The van der Waals surface area contributed by atoms with Crippen molar-refractivity contribution in [1.82, 2.24) is 9.47 Å². The highest BCUT2D eigenvalue weighted by Gasteiger charge is 2.35. The number of fused-ring (bicyclic) bond motifs is 1. The summed E-state index contributed by atoms with van der Waals surface area (Å²) >= 11 is 0. The monoisotopic (exact) mass is 316 g/mol. The molecule has 0 saturated carbocycles.